The molecule has 0 saturated carbocycles. The number of ether oxygens (including phenoxy) is 1. The highest BCUT2D eigenvalue weighted by atomic mass is 16.5. The van der Waals surface area contributed by atoms with Crippen molar-refractivity contribution in [2.45, 2.75) is 31.3 Å². The molecule has 1 aromatic carbocycles. The molecule has 18 heavy (non-hydrogen) atoms. The standard InChI is InChI=1S/C15H24N2O/c1-15(12-16,10-13-6-4-3-5-7-13)17(2)14-8-9-18-11-14/h3-7,14H,8-12,16H2,1-2H3. The predicted octanol–water partition coefficient (Wildman–Crippen LogP) is 1.67. The van der Waals surface area contributed by atoms with Gasteiger partial charge in [-0.05, 0) is 32.4 Å². The molecule has 0 aliphatic carbocycles. The van der Waals surface area contributed by atoms with Crippen molar-refractivity contribution in [1.82, 2.24) is 4.90 Å². The Labute approximate surface area is 110 Å². The zero-order valence-electron chi connectivity index (χ0n) is 11.4. The molecular weight excluding hydrogens is 224 g/mol. The summed E-state index contributed by atoms with van der Waals surface area (Å²) in [6, 6.07) is 11.1. The third-order valence-electron chi connectivity index (χ3n) is 4.17. The van der Waals surface area contributed by atoms with Gasteiger partial charge in [0.25, 0.3) is 0 Å². The van der Waals surface area contributed by atoms with Gasteiger partial charge in [-0.3, -0.25) is 4.90 Å². The minimum absolute atomic E-state index is 0.000278. The Balaban J connectivity index is 2.09. The normalized spacial score (nSPS) is 23.2. The van der Waals surface area contributed by atoms with Crippen molar-refractivity contribution in [2.75, 3.05) is 26.8 Å². The third kappa shape index (κ3) is 2.91. The third-order valence-corrected chi connectivity index (χ3v) is 4.17. The minimum Gasteiger partial charge on any atom is -0.380 e. The molecule has 0 aromatic heterocycles. The lowest BCUT2D eigenvalue weighted by Gasteiger charge is -2.41. The Morgan fingerprint density at radius 2 is 2.11 bits per heavy atom. The molecule has 0 spiro atoms. The van der Waals surface area contributed by atoms with Crippen molar-refractivity contribution in [3.05, 3.63) is 35.9 Å². The monoisotopic (exact) mass is 248 g/mol. The van der Waals surface area contributed by atoms with Gasteiger partial charge in [0, 0.05) is 24.7 Å². The highest BCUT2D eigenvalue weighted by Gasteiger charge is 2.34. The molecule has 1 aliphatic rings. The number of hydrogen-bond acceptors (Lipinski definition) is 3. The van der Waals surface area contributed by atoms with Crippen LogP contribution in [0.25, 0.3) is 0 Å². The van der Waals surface area contributed by atoms with E-state index in [1.54, 1.807) is 0 Å². The van der Waals surface area contributed by atoms with Gasteiger partial charge in [0.1, 0.15) is 0 Å². The maximum atomic E-state index is 6.04. The highest BCUT2D eigenvalue weighted by Crippen LogP contribution is 2.24. The molecular formula is C15H24N2O. The molecule has 0 bridgehead atoms. The lowest BCUT2D eigenvalue weighted by Crippen LogP contribution is -2.55. The van der Waals surface area contributed by atoms with E-state index in [9.17, 15) is 0 Å². The first-order chi connectivity index (χ1) is 8.65. The lowest BCUT2D eigenvalue weighted by atomic mass is 9.90. The Kier molecular flexibility index (Phi) is 4.38. The van der Waals surface area contributed by atoms with Gasteiger partial charge in [0.05, 0.1) is 6.61 Å². The van der Waals surface area contributed by atoms with E-state index in [2.05, 4.69) is 49.2 Å². The van der Waals surface area contributed by atoms with Crippen molar-refractivity contribution >= 4 is 0 Å². The van der Waals surface area contributed by atoms with Gasteiger partial charge in [0.2, 0.25) is 0 Å². The van der Waals surface area contributed by atoms with Crippen LogP contribution in [0, 0.1) is 0 Å². The summed E-state index contributed by atoms with van der Waals surface area (Å²) in [5.74, 6) is 0. The van der Waals surface area contributed by atoms with E-state index in [-0.39, 0.29) is 5.54 Å². The van der Waals surface area contributed by atoms with Gasteiger partial charge in [-0.15, -0.1) is 0 Å². The van der Waals surface area contributed by atoms with Crippen LogP contribution in [-0.4, -0.2) is 43.3 Å². The first kappa shape index (κ1) is 13.5. The SMILES string of the molecule is CN(C1CCOC1)C(C)(CN)Cc1ccccc1. The fourth-order valence-electron chi connectivity index (χ4n) is 2.64. The van der Waals surface area contributed by atoms with E-state index in [4.69, 9.17) is 10.5 Å². The number of benzene rings is 1. The Hall–Kier alpha value is -0.900. The van der Waals surface area contributed by atoms with E-state index in [1.807, 2.05) is 0 Å². The van der Waals surface area contributed by atoms with Crippen LogP contribution in [0.15, 0.2) is 30.3 Å². The van der Waals surface area contributed by atoms with Gasteiger partial charge >= 0.3 is 0 Å². The second-order valence-electron chi connectivity index (χ2n) is 5.49. The van der Waals surface area contributed by atoms with Crippen LogP contribution < -0.4 is 5.73 Å². The molecule has 2 N–H and O–H groups in total. The second-order valence-corrected chi connectivity index (χ2v) is 5.49. The summed E-state index contributed by atoms with van der Waals surface area (Å²) in [4.78, 5) is 2.41. The molecule has 2 unspecified atom stereocenters. The topological polar surface area (TPSA) is 38.5 Å². The summed E-state index contributed by atoms with van der Waals surface area (Å²) in [6.45, 7) is 4.62. The van der Waals surface area contributed by atoms with E-state index < -0.39 is 0 Å². The van der Waals surface area contributed by atoms with Crippen LogP contribution in [0.3, 0.4) is 0 Å². The van der Waals surface area contributed by atoms with Gasteiger partial charge in [-0.2, -0.15) is 0 Å². The minimum atomic E-state index is -0.000278. The molecule has 2 rings (SSSR count). The van der Waals surface area contributed by atoms with Crippen molar-refractivity contribution in [3.63, 3.8) is 0 Å². The first-order valence-electron chi connectivity index (χ1n) is 6.70. The molecule has 100 valence electrons. The number of nitrogens with zero attached hydrogens (tertiary/aromatic N) is 1. The molecule has 3 nitrogen and oxygen atoms in total. The zero-order chi connectivity index (χ0) is 13.0. The molecule has 1 heterocycles. The summed E-state index contributed by atoms with van der Waals surface area (Å²) in [6.07, 6.45) is 2.10. The molecule has 1 aromatic rings. The van der Waals surface area contributed by atoms with E-state index in [0.717, 1.165) is 26.1 Å². The van der Waals surface area contributed by atoms with Gasteiger partial charge < -0.3 is 10.5 Å². The van der Waals surface area contributed by atoms with Crippen LogP contribution in [0.2, 0.25) is 0 Å². The molecule has 1 saturated heterocycles. The maximum absolute atomic E-state index is 6.04. The fraction of sp³-hybridized carbons (Fsp3) is 0.600. The number of likely N-dealkylation sites (N-methyl/N-ethyl adjacent to an activating group) is 1. The van der Waals surface area contributed by atoms with Gasteiger partial charge in [-0.1, -0.05) is 30.3 Å². The summed E-state index contributed by atoms with van der Waals surface area (Å²) in [5.41, 5.74) is 7.38. The maximum Gasteiger partial charge on any atom is 0.0622 e. The van der Waals surface area contributed by atoms with Crippen molar-refractivity contribution in [2.24, 2.45) is 5.73 Å². The van der Waals surface area contributed by atoms with Crippen LogP contribution in [0.4, 0.5) is 0 Å². The smallest absolute Gasteiger partial charge is 0.0622 e. The van der Waals surface area contributed by atoms with E-state index in [1.165, 1.54) is 5.56 Å². The molecule has 1 aliphatic heterocycles. The summed E-state index contributed by atoms with van der Waals surface area (Å²) < 4.78 is 5.49. The number of nitrogens with two attached hydrogens (primary N) is 1. The summed E-state index contributed by atoms with van der Waals surface area (Å²) in [7, 11) is 2.18. The summed E-state index contributed by atoms with van der Waals surface area (Å²) in [5, 5.41) is 0. The fourth-order valence-corrected chi connectivity index (χ4v) is 2.64. The average Bonchev–Trinajstić information content (AvgIpc) is 2.92. The largest absolute Gasteiger partial charge is 0.380 e. The van der Waals surface area contributed by atoms with Crippen molar-refractivity contribution in [3.8, 4) is 0 Å². The summed E-state index contributed by atoms with van der Waals surface area (Å²) >= 11 is 0. The van der Waals surface area contributed by atoms with Gasteiger partial charge in [-0.25, -0.2) is 0 Å². The van der Waals surface area contributed by atoms with E-state index in [0.29, 0.717) is 12.6 Å². The molecule has 1 fully saturated rings. The molecule has 2 atom stereocenters. The van der Waals surface area contributed by atoms with Crippen LogP contribution >= 0.6 is 0 Å². The average molecular weight is 248 g/mol. The van der Waals surface area contributed by atoms with Crippen molar-refractivity contribution < 1.29 is 4.74 Å². The quantitative estimate of drug-likeness (QED) is 0.861. The number of hydrogen-bond donors (Lipinski definition) is 1. The van der Waals surface area contributed by atoms with Crippen LogP contribution in [0.1, 0.15) is 18.9 Å². The Bertz CT molecular complexity index is 362. The second kappa shape index (κ2) is 5.83. The molecule has 0 radical (unpaired) electrons. The van der Waals surface area contributed by atoms with Crippen molar-refractivity contribution in [1.29, 1.82) is 0 Å². The first-order valence-corrected chi connectivity index (χ1v) is 6.70. The lowest BCUT2D eigenvalue weighted by molar-refractivity contribution is 0.0784. The predicted molar refractivity (Wildman–Crippen MR) is 74.6 cm³/mol. The molecule has 0 amide bonds. The van der Waals surface area contributed by atoms with Crippen LogP contribution in [-0.2, 0) is 11.2 Å². The number of rotatable bonds is 5. The highest BCUT2D eigenvalue weighted by molar-refractivity contribution is 5.18. The Morgan fingerprint density at radius 3 is 2.67 bits per heavy atom. The van der Waals surface area contributed by atoms with Gasteiger partial charge in [0.15, 0.2) is 0 Å². The zero-order valence-corrected chi connectivity index (χ0v) is 11.4. The molecule has 3 heteroatoms. The van der Waals surface area contributed by atoms with E-state index >= 15 is 0 Å². The Morgan fingerprint density at radius 1 is 1.39 bits per heavy atom. The van der Waals surface area contributed by atoms with Crippen LogP contribution in [0.5, 0.6) is 0 Å².